The third kappa shape index (κ3) is 4.11. The summed E-state index contributed by atoms with van der Waals surface area (Å²) in [7, 11) is 0. The van der Waals surface area contributed by atoms with Crippen LogP contribution >= 0.6 is 0 Å². The number of nitrogens with zero attached hydrogens (tertiary/aromatic N) is 1. The molecule has 0 spiro atoms. The van der Waals surface area contributed by atoms with E-state index < -0.39 is 0 Å². The number of aryl methyl sites for hydroxylation is 1. The van der Waals surface area contributed by atoms with Crippen molar-refractivity contribution < 1.29 is 5.11 Å². The summed E-state index contributed by atoms with van der Waals surface area (Å²) in [5, 5.41) is 11.1. The molecule has 0 aliphatic heterocycles. The number of H-pyrrole nitrogens is 1. The fourth-order valence-corrected chi connectivity index (χ4v) is 5.60. The van der Waals surface area contributed by atoms with Crippen molar-refractivity contribution in [1.29, 1.82) is 0 Å². The third-order valence-electron chi connectivity index (χ3n) is 7.54. The van der Waals surface area contributed by atoms with E-state index in [1.54, 1.807) is 0 Å². The van der Waals surface area contributed by atoms with Gasteiger partial charge in [-0.05, 0) is 79.2 Å². The first-order valence-corrected chi connectivity index (χ1v) is 11.2. The lowest BCUT2D eigenvalue weighted by atomic mass is 9.60. The molecular formula is C26H34N2O. The van der Waals surface area contributed by atoms with Crippen LogP contribution in [-0.4, -0.2) is 15.1 Å². The van der Waals surface area contributed by atoms with Crippen LogP contribution in [0.5, 0.6) is 0 Å². The van der Waals surface area contributed by atoms with E-state index in [1.807, 2.05) is 24.5 Å². The first-order chi connectivity index (χ1) is 14.1. The lowest BCUT2D eigenvalue weighted by Crippen LogP contribution is -2.34. The molecule has 1 unspecified atom stereocenters. The number of aromatic nitrogens is 2. The number of benzene rings is 1. The Morgan fingerprint density at radius 1 is 1.14 bits per heavy atom. The van der Waals surface area contributed by atoms with Gasteiger partial charge in [-0.2, -0.15) is 0 Å². The molecule has 29 heavy (non-hydrogen) atoms. The SMILES string of the molecule is CC[C@@]1(C)CC(c2ncccc2CO)CC[C@H]1CCCc1cccc2[nH]ccc12. The van der Waals surface area contributed by atoms with Gasteiger partial charge in [0.15, 0.2) is 0 Å². The Hall–Kier alpha value is -2.13. The summed E-state index contributed by atoms with van der Waals surface area (Å²) >= 11 is 0. The second-order valence-corrected chi connectivity index (χ2v) is 9.14. The quantitative estimate of drug-likeness (QED) is 0.492. The van der Waals surface area contributed by atoms with Crippen molar-refractivity contribution in [3.8, 4) is 0 Å². The van der Waals surface area contributed by atoms with Crippen LogP contribution in [0.4, 0.5) is 0 Å². The van der Waals surface area contributed by atoms with Crippen LogP contribution in [0.1, 0.15) is 75.1 Å². The zero-order chi connectivity index (χ0) is 20.3. The van der Waals surface area contributed by atoms with Crippen LogP contribution in [0.3, 0.4) is 0 Å². The Balaban J connectivity index is 1.42. The highest BCUT2D eigenvalue weighted by molar-refractivity contribution is 5.82. The molecule has 1 aromatic carbocycles. The van der Waals surface area contributed by atoms with Crippen LogP contribution in [0, 0.1) is 11.3 Å². The molecule has 2 N–H and O–H groups in total. The summed E-state index contributed by atoms with van der Waals surface area (Å²) in [6.07, 6.45) is 12.5. The predicted octanol–water partition coefficient (Wildman–Crippen LogP) is 6.38. The van der Waals surface area contributed by atoms with Gasteiger partial charge in [-0.1, -0.05) is 38.5 Å². The minimum absolute atomic E-state index is 0.0939. The first kappa shape index (κ1) is 20.2. The molecule has 1 fully saturated rings. The first-order valence-electron chi connectivity index (χ1n) is 11.2. The van der Waals surface area contributed by atoms with Crippen molar-refractivity contribution in [2.45, 2.75) is 71.3 Å². The molecule has 1 saturated carbocycles. The molecule has 0 bridgehead atoms. The highest BCUT2D eigenvalue weighted by atomic mass is 16.3. The molecule has 3 atom stereocenters. The lowest BCUT2D eigenvalue weighted by Gasteiger charge is -2.45. The molecule has 3 nitrogen and oxygen atoms in total. The average molecular weight is 391 g/mol. The van der Waals surface area contributed by atoms with E-state index in [0.717, 1.165) is 23.6 Å². The summed E-state index contributed by atoms with van der Waals surface area (Å²) in [6, 6.07) is 12.8. The number of rotatable bonds is 7. The molecule has 2 aromatic heterocycles. The van der Waals surface area contributed by atoms with Crippen LogP contribution in [-0.2, 0) is 13.0 Å². The molecule has 3 aromatic rings. The molecule has 2 heterocycles. The predicted molar refractivity (Wildman–Crippen MR) is 120 cm³/mol. The van der Waals surface area contributed by atoms with Crippen molar-refractivity contribution in [1.82, 2.24) is 9.97 Å². The van der Waals surface area contributed by atoms with E-state index in [1.165, 1.54) is 55.0 Å². The largest absolute Gasteiger partial charge is 0.392 e. The maximum Gasteiger partial charge on any atom is 0.0699 e. The zero-order valence-electron chi connectivity index (χ0n) is 17.8. The highest BCUT2D eigenvalue weighted by Crippen LogP contribution is 2.51. The second kappa shape index (κ2) is 8.71. The van der Waals surface area contributed by atoms with E-state index in [2.05, 4.69) is 48.1 Å². The van der Waals surface area contributed by atoms with Crippen molar-refractivity contribution in [2.24, 2.45) is 11.3 Å². The second-order valence-electron chi connectivity index (χ2n) is 9.14. The number of hydrogen-bond donors (Lipinski definition) is 2. The smallest absolute Gasteiger partial charge is 0.0699 e. The summed E-state index contributed by atoms with van der Waals surface area (Å²) in [5.74, 6) is 1.25. The van der Waals surface area contributed by atoms with Gasteiger partial charge in [0.25, 0.3) is 0 Å². The Labute approximate surface area is 174 Å². The number of nitrogens with one attached hydrogen (secondary N) is 1. The van der Waals surface area contributed by atoms with Crippen LogP contribution in [0.15, 0.2) is 48.8 Å². The van der Waals surface area contributed by atoms with Gasteiger partial charge in [0, 0.05) is 34.9 Å². The fraction of sp³-hybridized carbons (Fsp3) is 0.500. The van der Waals surface area contributed by atoms with Gasteiger partial charge in [-0.25, -0.2) is 0 Å². The average Bonchev–Trinajstić information content (AvgIpc) is 3.24. The minimum Gasteiger partial charge on any atom is -0.392 e. The standard InChI is InChI=1S/C26H34N2O/c1-3-26(2)17-20(25-21(18-29)9-6-15-28-25)12-13-22(26)10-4-7-19-8-5-11-24-23(19)14-16-27-24/h5-6,8-9,11,14-16,20,22,27,29H,3-4,7,10,12-13,17-18H2,1-2H3/t20?,22-,26+/m1/s1. The highest BCUT2D eigenvalue weighted by Gasteiger charge is 2.39. The van der Waals surface area contributed by atoms with Gasteiger partial charge in [-0.15, -0.1) is 0 Å². The van der Waals surface area contributed by atoms with E-state index in [4.69, 9.17) is 0 Å². The monoisotopic (exact) mass is 390 g/mol. The molecule has 0 amide bonds. The zero-order valence-corrected chi connectivity index (χ0v) is 17.8. The van der Waals surface area contributed by atoms with Gasteiger partial charge < -0.3 is 10.1 Å². The molecule has 1 aliphatic rings. The topological polar surface area (TPSA) is 48.9 Å². The minimum atomic E-state index is 0.0939. The van der Waals surface area contributed by atoms with Gasteiger partial charge >= 0.3 is 0 Å². The van der Waals surface area contributed by atoms with E-state index >= 15 is 0 Å². The summed E-state index contributed by atoms with van der Waals surface area (Å²) in [4.78, 5) is 7.99. The van der Waals surface area contributed by atoms with Gasteiger partial charge in [0.2, 0.25) is 0 Å². The number of aromatic amines is 1. The number of fused-ring (bicyclic) bond motifs is 1. The van der Waals surface area contributed by atoms with Crippen LogP contribution in [0.2, 0.25) is 0 Å². The third-order valence-corrected chi connectivity index (χ3v) is 7.54. The molecule has 1 aliphatic carbocycles. The molecular weight excluding hydrogens is 356 g/mol. The Morgan fingerprint density at radius 3 is 2.83 bits per heavy atom. The van der Waals surface area contributed by atoms with E-state index in [0.29, 0.717) is 11.3 Å². The lowest BCUT2D eigenvalue weighted by molar-refractivity contribution is 0.0847. The maximum absolute atomic E-state index is 9.73. The van der Waals surface area contributed by atoms with Crippen molar-refractivity contribution in [2.75, 3.05) is 0 Å². The summed E-state index contributed by atoms with van der Waals surface area (Å²) in [6.45, 7) is 4.93. The van der Waals surface area contributed by atoms with Crippen LogP contribution in [0.25, 0.3) is 10.9 Å². The van der Waals surface area contributed by atoms with Crippen LogP contribution < -0.4 is 0 Å². The number of aliphatic hydroxyl groups excluding tert-OH is 1. The molecule has 0 radical (unpaired) electrons. The molecule has 4 rings (SSSR count). The van der Waals surface area contributed by atoms with Crippen molar-refractivity contribution in [3.63, 3.8) is 0 Å². The van der Waals surface area contributed by atoms with Crippen molar-refractivity contribution in [3.05, 3.63) is 65.6 Å². The number of aliphatic hydroxyl groups is 1. The van der Waals surface area contributed by atoms with Gasteiger partial charge in [0.1, 0.15) is 0 Å². The molecule has 3 heteroatoms. The number of pyridine rings is 1. The Kier molecular flexibility index (Phi) is 6.05. The van der Waals surface area contributed by atoms with Crippen molar-refractivity contribution >= 4 is 10.9 Å². The Morgan fingerprint density at radius 2 is 2.00 bits per heavy atom. The van der Waals surface area contributed by atoms with E-state index in [9.17, 15) is 5.11 Å². The number of hydrogen-bond acceptors (Lipinski definition) is 2. The molecule has 0 saturated heterocycles. The maximum atomic E-state index is 9.73. The van der Waals surface area contributed by atoms with Gasteiger partial charge in [-0.3, -0.25) is 4.98 Å². The Bertz CT molecular complexity index is 947. The summed E-state index contributed by atoms with van der Waals surface area (Å²) in [5.41, 5.74) is 5.21. The summed E-state index contributed by atoms with van der Waals surface area (Å²) < 4.78 is 0. The fourth-order valence-electron chi connectivity index (χ4n) is 5.60. The van der Waals surface area contributed by atoms with Gasteiger partial charge in [0.05, 0.1) is 6.61 Å². The normalized spacial score (nSPS) is 24.8. The molecule has 154 valence electrons. The van der Waals surface area contributed by atoms with E-state index in [-0.39, 0.29) is 6.61 Å².